The van der Waals surface area contributed by atoms with Gasteiger partial charge in [-0.3, -0.25) is 4.79 Å². The van der Waals surface area contributed by atoms with E-state index in [4.69, 9.17) is 4.74 Å². The van der Waals surface area contributed by atoms with Crippen LogP contribution in [0, 0.1) is 11.8 Å². The van der Waals surface area contributed by atoms with Gasteiger partial charge in [-0.05, 0) is 45.4 Å². The first-order valence-electron chi connectivity index (χ1n) is 6.08. The Balaban J connectivity index is 2.31. The predicted molar refractivity (Wildman–Crippen MR) is 61.6 cm³/mol. The number of rotatable bonds is 2. The van der Waals surface area contributed by atoms with Gasteiger partial charge in [0.1, 0.15) is 5.60 Å². The standard InChI is InChI=1S/C13H24O2/c1-10-6-5-7-11(8-10)9-12(14)15-13(2,3)4/h10-11H,5-9H2,1-4H3/t10-,11-/m0/s1. The van der Waals surface area contributed by atoms with Gasteiger partial charge in [-0.25, -0.2) is 0 Å². The molecule has 88 valence electrons. The highest BCUT2D eigenvalue weighted by Gasteiger charge is 2.24. The highest BCUT2D eigenvalue weighted by Crippen LogP contribution is 2.31. The summed E-state index contributed by atoms with van der Waals surface area (Å²) < 4.78 is 5.34. The Labute approximate surface area is 93.4 Å². The lowest BCUT2D eigenvalue weighted by atomic mass is 9.81. The number of hydrogen-bond donors (Lipinski definition) is 0. The molecule has 0 heterocycles. The van der Waals surface area contributed by atoms with Crippen LogP contribution >= 0.6 is 0 Å². The van der Waals surface area contributed by atoms with Gasteiger partial charge >= 0.3 is 5.97 Å². The van der Waals surface area contributed by atoms with Gasteiger partial charge in [0.15, 0.2) is 0 Å². The van der Waals surface area contributed by atoms with Gasteiger partial charge in [-0.2, -0.15) is 0 Å². The van der Waals surface area contributed by atoms with Gasteiger partial charge in [-0.15, -0.1) is 0 Å². The Kier molecular flexibility index (Phi) is 4.18. The molecule has 2 nitrogen and oxygen atoms in total. The first-order chi connectivity index (χ1) is 6.87. The smallest absolute Gasteiger partial charge is 0.306 e. The van der Waals surface area contributed by atoms with Gasteiger partial charge in [0.05, 0.1) is 0 Å². The van der Waals surface area contributed by atoms with E-state index in [0.717, 1.165) is 5.92 Å². The predicted octanol–water partition coefficient (Wildman–Crippen LogP) is 3.54. The zero-order chi connectivity index (χ0) is 11.5. The molecule has 0 aromatic rings. The van der Waals surface area contributed by atoms with E-state index in [0.29, 0.717) is 12.3 Å². The van der Waals surface area contributed by atoms with Crippen LogP contribution in [0.25, 0.3) is 0 Å². The van der Waals surface area contributed by atoms with Gasteiger partial charge in [0, 0.05) is 6.42 Å². The second-order valence-electron chi connectivity index (χ2n) is 5.93. The maximum absolute atomic E-state index is 11.6. The molecule has 1 aliphatic rings. The van der Waals surface area contributed by atoms with E-state index >= 15 is 0 Å². The summed E-state index contributed by atoms with van der Waals surface area (Å²) in [5.74, 6) is 1.32. The molecule has 15 heavy (non-hydrogen) atoms. The number of carbonyl (C=O) groups excluding carboxylic acids is 1. The second kappa shape index (κ2) is 5.00. The van der Waals surface area contributed by atoms with Crippen molar-refractivity contribution >= 4 is 5.97 Å². The quantitative estimate of drug-likeness (QED) is 0.654. The number of esters is 1. The zero-order valence-electron chi connectivity index (χ0n) is 10.5. The molecule has 0 unspecified atom stereocenters. The van der Waals surface area contributed by atoms with Crippen molar-refractivity contribution in [1.82, 2.24) is 0 Å². The number of ether oxygens (including phenoxy) is 1. The molecule has 1 saturated carbocycles. The lowest BCUT2D eigenvalue weighted by Crippen LogP contribution is -2.26. The van der Waals surface area contributed by atoms with Crippen molar-refractivity contribution < 1.29 is 9.53 Å². The highest BCUT2D eigenvalue weighted by atomic mass is 16.6. The molecule has 0 radical (unpaired) electrons. The fourth-order valence-electron chi connectivity index (χ4n) is 2.36. The molecule has 0 aliphatic heterocycles. The molecule has 0 saturated heterocycles. The van der Waals surface area contributed by atoms with Gasteiger partial charge < -0.3 is 4.74 Å². The maximum Gasteiger partial charge on any atom is 0.306 e. The molecular weight excluding hydrogens is 188 g/mol. The molecule has 0 bridgehead atoms. The highest BCUT2D eigenvalue weighted by molar-refractivity contribution is 5.70. The third kappa shape index (κ3) is 5.19. The van der Waals surface area contributed by atoms with Gasteiger partial charge in [0.25, 0.3) is 0 Å². The summed E-state index contributed by atoms with van der Waals surface area (Å²) >= 11 is 0. The summed E-state index contributed by atoms with van der Waals surface area (Å²) in [6.07, 6.45) is 5.60. The van der Waals surface area contributed by atoms with E-state index in [1.807, 2.05) is 20.8 Å². The lowest BCUT2D eigenvalue weighted by molar-refractivity contribution is -0.156. The molecule has 0 aromatic heterocycles. The maximum atomic E-state index is 11.6. The Morgan fingerprint density at radius 1 is 1.33 bits per heavy atom. The largest absolute Gasteiger partial charge is 0.460 e. The summed E-state index contributed by atoms with van der Waals surface area (Å²) in [5, 5.41) is 0. The van der Waals surface area contributed by atoms with E-state index in [-0.39, 0.29) is 11.6 Å². The van der Waals surface area contributed by atoms with Gasteiger partial charge in [0.2, 0.25) is 0 Å². The fraction of sp³-hybridized carbons (Fsp3) is 0.923. The molecular formula is C13H24O2. The van der Waals surface area contributed by atoms with E-state index in [2.05, 4.69) is 6.92 Å². The fourth-order valence-corrected chi connectivity index (χ4v) is 2.36. The number of carbonyl (C=O) groups is 1. The number of hydrogen-bond acceptors (Lipinski definition) is 2. The Morgan fingerprint density at radius 3 is 2.53 bits per heavy atom. The second-order valence-corrected chi connectivity index (χ2v) is 5.93. The van der Waals surface area contributed by atoms with Crippen LogP contribution in [0.1, 0.15) is 59.8 Å². The minimum Gasteiger partial charge on any atom is -0.460 e. The average molecular weight is 212 g/mol. The van der Waals surface area contributed by atoms with Crippen LogP contribution in [0.3, 0.4) is 0 Å². The summed E-state index contributed by atoms with van der Waals surface area (Å²) in [5.41, 5.74) is -0.336. The molecule has 2 atom stereocenters. The van der Waals surface area contributed by atoms with Crippen LogP contribution in [0.4, 0.5) is 0 Å². The molecule has 1 rings (SSSR count). The molecule has 0 spiro atoms. The summed E-state index contributed by atoms with van der Waals surface area (Å²) in [6.45, 7) is 8.05. The van der Waals surface area contributed by atoms with Gasteiger partial charge in [-0.1, -0.05) is 19.8 Å². The molecule has 0 N–H and O–H groups in total. The van der Waals surface area contributed by atoms with E-state index < -0.39 is 0 Å². The molecule has 2 heteroatoms. The van der Waals surface area contributed by atoms with Crippen LogP contribution in [0.5, 0.6) is 0 Å². The monoisotopic (exact) mass is 212 g/mol. The third-order valence-electron chi connectivity index (χ3n) is 2.92. The van der Waals surface area contributed by atoms with Crippen LogP contribution in [-0.4, -0.2) is 11.6 Å². The van der Waals surface area contributed by atoms with Crippen LogP contribution in [-0.2, 0) is 9.53 Å². The van der Waals surface area contributed by atoms with Crippen LogP contribution in [0.15, 0.2) is 0 Å². The summed E-state index contributed by atoms with van der Waals surface area (Å²) in [7, 11) is 0. The van der Waals surface area contributed by atoms with Crippen molar-refractivity contribution in [1.29, 1.82) is 0 Å². The first kappa shape index (κ1) is 12.5. The van der Waals surface area contributed by atoms with Crippen molar-refractivity contribution in [3.8, 4) is 0 Å². The summed E-state index contributed by atoms with van der Waals surface area (Å²) in [4.78, 5) is 11.6. The average Bonchev–Trinajstić information content (AvgIpc) is 1.99. The van der Waals surface area contributed by atoms with Crippen molar-refractivity contribution in [3.05, 3.63) is 0 Å². The molecule has 1 fully saturated rings. The van der Waals surface area contributed by atoms with E-state index in [1.54, 1.807) is 0 Å². The van der Waals surface area contributed by atoms with E-state index in [1.165, 1.54) is 25.7 Å². The molecule has 0 aromatic carbocycles. The zero-order valence-corrected chi connectivity index (χ0v) is 10.5. The minimum atomic E-state index is -0.336. The van der Waals surface area contributed by atoms with Crippen molar-refractivity contribution in [3.63, 3.8) is 0 Å². The third-order valence-corrected chi connectivity index (χ3v) is 2.92. The van der Waals surface area contributed by atoms with Crippen molar-refractivity contribution in [2.45, 2.75) is 65.4 Å². The van der Waals surface area contributed by atoms with Crippen LogP contribution in [0.2, 0.25) is 0 Å². The minimum absolute atomic E-state index is 0.0263. The summed E-state index contributed by atoms with van der Waals surface area (Å²) in [6, 6.07) is 0. The normalized spacial score (nSPS) is 27.5. The van der Waals surface area contributed by atoms with Crippen molar-refractivity contribution in [2.24, 2.45) is 11.8 Å². The SMILES string of the molecule is C[C@H]1CCC[C@H](CC(=O)OC(C)(C)C)C1. The topological polar surface area (TPSA) is 26.3 Å². The van der Waals surface area contributed by atoms with E-state index in [9.17, 15) is 4.79 Å². The Morgan fingerprint density at radius 2 is 2.00 bits per heavy atom. The van der Waals surface area contributed by atoms with Crippen LogP contribution < -0.4 is 0 Å². The molecule has 1 aliphatic carbocycles. The van der Waals surface area contributed by atoms with Crippen molar-refractivity contribution in [2.75, 3.05) is 0 Å². The lowest BCUT2D eigenvalue weighted by Gasteiger charge is -2.27. The Bertz CT molecular complexity index is 215. The molecule has 0 amide bonds. The first-order valence-corrected chi connectivity index (χ1v) is 6.08. The Hall–Kier alpha value is -0.530.